The smallest absolute Gasteiger partial charge is 0.234 e. The van der Waals surface area contributed by atoms with Gasteiger partial charge in [0.2, 0.25) is 0 Å². The van der Waals surface area contributed by atoms with Crippen LogP contribution >= 0.6 is 0 Å². The molecule has 0 unspecified atom stereocenters. The average molecular weight is 186 g/mol. The molecule has 0 aliphatic heterocycles. The molecular weight excluding hydrogens is 184 g/mol. The molecule has 0 fully saturated rings. The van der Waals surface area contributed by atoms with Crippen LogP contribution in [0.25, 0.3) is 0 Å². The summed E-state index contributed by atoms with van der Waals surface area (Å²) in [4.78, 5) is 20.3. The van der Waals surface area contributed by atoms with Crippen molar-refractivity contribution in [3.63, 3.8) is 0 Å². The monoisotopic (exact) mass is 186 g/mol. The summed E-state index contributed by atoms with van der Waals surface area (Å²) in [6, 6.07) is 0. The van der Waals surface area contributed by atoms with Crippen LogP contribution in [0.15, 0.2) is 0 Å². The van der Waals surface area contributed by atoms with Gasteiger partial charge >= 0.3 is 10.2 Å². The maximum Gasteiger partial charge on any atom is 0.421 e. The first-order chi connectivity index (χ1) is 4.83. The SMILES string of the molecule is O=[N+]([O-])NS(=O)(=O)N[N+](=O)[O-]. The van der Waals surface area contributed by atoms with Gasteiger partial charge in [-0.15, -0.1) is 0 Å². The van der Waals surface area contributed by atoms with Crippen molar-refractivity contribution < 1.29 is 18.5 Å². The molecule has 0 heterocycles. The highest BCUT2D eigenvalue weighted by Gasteiger charge is 2.20. The van der Waals surface area contributed by atoms with Crippen LogP contribution < -0.4 is 9.66 Å². The lowest BCUT2D eigenvalue weighted by Gasteiger charge is -1.93. The van der Waals surface area contributed by atoms with Crippen molar-refractivity contribution in [3.05, 3.63) is 20.2 Å². The number of hydrogen-bond acceptors (Lipinski definition) is 6. The van der Waals surface area contributed by atoms with Gasteiger partial charge in [0, 0.05) is 0 Å². The summed E-state index contributed by atoms with van der Waals surface area (Å²) in [5.74, 6) is 0. The number of nitrogens with one attached hydrogen (secondary N) is 2. The number of rotatable bonds is 4. The Morgan fingerprint density at radius 2 is 1.27 bits per heavy atom. The normalized spacial score (nSPS) is 10.2. The molecule has 10 nitrogen and oxygen atoms in total. The molecule has 0 atom stereocenters. The van der Waals surface area contributed by atoms with Crippen molar-refractivity contribution in [2.45, 2.75) is 0 Å². The third-order valence-electron chi connectivity index (χ3n) is 0.389. The first-order valence-electron chi connectivity index (χ1n) is 1.92. The van der Waals surface area contributed by atoms with Gasteiger partial charge in [-0.3, -0.25) is 0 Å². The predicted octanol–water partition coefficient (Wildman–Crippen LogP) is -2.21. The van der Waals surface area contributed by atoms with E-state index in [2.05, 4.69) is 0 Å². The Labute approximate surface area is 59.6 Å². The maximum atomic E-state index is 10.1. The zero-order valence-electron chi connectivity index (χ0n) is 4.75. The molecule has 0 saturated heterocycles. The molecule has 0 aromatic heterocycles. The lowest BCUT2D eigenvalue weighted by atomic mass is 12.7. The molecule has 0 saturated carbocycles. The molecule has 11 heteroatoms. The standard InChI is InChI=1S/H2N4O6S/c5-3(6)1-11(9,10)2-4(7)8/h1-2H. The van der Waals surface area contributed by atoms with Gasteiger partial charge < -0.3 is 0 Å². The summed E-state index contributed by atoms with van der Waals surface area (Å²) in [5, 5.41) is 16.0. The zero-order chi connectivity index (χ0) is 9.07. The van der Waals surface area contributed by atoms with E-state index in [1.54, 1.807) is 0 Å². The summed E-state index contributed by atoms with van der Waals surface area (Å²) < 4.78 is 20.3. The molecular formula is H2N4O6S. The number of nitrogens with zero attached hydrogens (tertiary/aromatic N) is 2. The van der Waals surface area contributed by atoms with Crippen molar-refractivity contribution >= 4 is 10.2 Å². The Morgan fingerprint density at radius 3 is 1.45 bits per heavy atom. The molecule has 64 valence electrons. The fraction of sp³-hybridized carbons (Fsp3) is 0. The first kappa shape index (κ1) is 9.35. The van der Waals surface area contributed by atoms with Crippen LogP contribution in [0.1, 0.15) is 0 Å². The fourth-order valence-corrected chi connectivity index (χ4v) is 0.650. The minimum atomic E-state index is -4.68. The first-order valence-corrected chi connectivity index (χ1v) is 3.40. The third kappa shape index (κ3) is 4.83. The molecule has 0 bridgehead atoms. The molecule has 11 heavy (non-hydrogen) atoms. The minimum Gasteiger partial charge on any atom is -0.234 e. The van der Waals surface area contributed by atoms with E-state index in [0.717, 1.165) is 0 Å². The van der Waals surface area contributed by atoms with Gasteiger partial charge in [-0.1, -0.05) is 0 Å². The van der Waals surface area contributed by atoms with Crippen LogP contribution in [0.5, 0.6) is 0 Å². The van der Waals surface area contributed by atoms with Gasteiger partial charge in [-0.05, 0) is 9.66 Å². The zero-order valence-corrected chi connectivity index (χ0v) is 5.57. The summed E-state index contributed by atoms with van der Waals surface area (Å²) in [6.07, 6.45) is 0. The molecule has 0 aromatic rings. The van der Waals surface area contributed by atoms with Crippen LogP contribution in [0.2, 0.25) is 0 Å². The summed E-state index contributed by atoms with van der Waals surface area (Å²) in [5.41, 5.74) is 0. The second-order valence-electron chi connectivity index (χ2n) is 1.20. The quantitative estimate of drug-likeness (QED) is 0.376. The molecule has 0 aromatic carbocycles. The summed E-state index contributed by atoms with van der Waals surface area (Å²) in [6.45, 7) is 0. The highest BCUT2D eigenvalue weighted by Crippen LogP contribution is 1.74. The molecule has 0 spiro atoms. The second kappa shape index (κ2) is 2.96. The Kier molecular flexibility index (Phi) is 2.51. The van der Waals surface area contributed by atoms with E-state index in [4.69, 9.17) is 0 Å². The molecule has 0 radical (unpaired) electrons. The Bertz CT molecular complexity index is 240. The highest BCUT2D eigenvalue weighted by atomic mass is 32.2. The number of hydrazine groups is 2. The van der Waals surface area contributed by atoms with Crippen LogP contribution in [0, 0.1) is 20.2 Å². The van der Waals surface area contributed by atoms with E-state index in [0.29, 0.717) is 9.66 Å². The van der Waals surface area contributed by atoms with Crippen LogP contribution in [-0.2, 0) is 10.2 Å². The van der Waals surface area contributed by atoms with E-state index in [-0.39, 0.29) is 0 Å². The van der Waals surface area contributed by atoms with Crippen molar-refractivity contribution in [1.29, 1.82) is 0 Å². The molecule has 0 rings (SSSR count). The Balaban J connectivity index is 4.25. The summed E-state index contributed by atoms with van der Waals surface area (Å²) in [7, 11) is -4.68. The van der Waals surface area contributed by atoms with E-state index in [9.17, 15) is 28.6 Å². The van der Waals surface area contributed by atoms with E-state index in [1.165, 1.54) is 0 Å². The van der Waals surface area contributed by atoms with Gasteiger partial charge in [0.1, 0.15) is 0 Å². The lowest BCUT2D eigenvalue weighted by molar-refractivity contribution is -0.535. The average Bonchev–Trinajstić information content (AvgIpc) is 1.53. The molecule has 0 aliphatic rings. The van der Waals surface area contributed by atoms with E-state index >= 15 is 0 Å². The molecule has 2 N–H and O–H groups in total. The lowest BCUT2D eigenvalue weighted by Crippen LogP contribution is -2.42. The fourth-order valence-electron chi connectivity index (χ4n) is 0.217. The van der Waals surface area contributed by atoms with Crippen LogP contribution in [0.4, 0.5) is 0 Å². The van der Waals surface area contributed by atoms with Gasteiger partial charge in [-0.2, -0.15) is 8.42 Å². The molecule has 0 amide bonds. The van der Waals surface area contributed by atoms with Crippen molar-refractivity contribution in [1.82, 2.24) is 9.66 Å². The number of nitro groups is 2. The van der Waals surface area contributed by atoms with E-state index in [1.807, 2.05) is 0 Å². The van der Waals surface area contributed by atoms with Crippen LogP contribution in [0.3, 0.4) is 0 Å². The predicted molar refractivity (Wildman–Crippen MR) is 29.2 cm³/mol. The second-order valence-corrected chi connectivity index (χ2v) is 2.57. The topological polar surface area (TPSA) is 144 Å². The van der Waals surface area contributed by atoms with Crippen LogP contribution in [-0.4, -0.2) is 18.5 Å². The minimum absolute atomic E-state index is 0.692. The van der Waals surface area contributed by atoms with E-state index < -0.39 is 20.3 Å². The Morgan fingerprint density at radius 1 is 1.00 bits per heavy atom. The van der Waals surface area contributed by atoms with Crippen molar-refractivity contribution in [2.24, 2.45) is 0 Å². The largest absolute Gasteiger partial charge is 0.421 e. The highest BCUT2D eigenvalue weighted by molar-refractivity contribution is 7.87. The summed E-state index contributed by atoms with van der Waals surface area (Å²) >= 11 is 0. The molecule has 0 aliphatic carbocycles. The maximum absolute atomic E-state index is 10.1. The van der Waals surface area contributed by atoms with Gasteiger partial charge in [0.15, 0.2) is 10.1 Å². The van der Waals surface area contributed by atoms with Gasteiger partial charge in [-0.25, -0.2) is 20.2 Å². The number of hydrogen-bond donors (Lipinski definition) is 2. The van der Waals surface area contributed by atoms with Crippen molar-refractivity contribution in [3.8, 4) is 0 Å². The third-order valence-corrected chi connectivity index (χ3v) is 1.17. The van der Waals surface area contributed by atoms with Crippen molar-refractivity contribution in [2.75, 3.05) is 0 Å². The van der Waals surface area contributed by atoms with Gasteiger partial charge in [0.05, 0.1) is 0 Å². The Hall–Kier alpha value is -1.65. The van der Waals surface area contributed by atoms with Gasteiger partial charge in [0.25, 0.3) is 0 Å².